The number of carbonyl (C=O) groups excluding carboxylic acids is 1. The zero-order chi connectivity index (χ0) is 14.2. The molecule has 1 aromatic carbocycles. The van der Waals surface area contributed by atoms with E-state index in [2.05, 4.69) is 17.5 Å². The molecule has 0 aliphatic carbocycles. The molecule has 0 unspecified atom stereocenters. The van der Waals surface area contributed by atoms with Crippen LogP contribution in [0.1, 0.15) is 48.0 Å². The minimum Gasteiger partial charge on any atom is -0.394 e. The number of hydrogen-bond donors (Lipinski definition) is 2. The molecule has 1 aromatic rings. The van der Waals surface area contributed by atoms with Gasteiger partial charge in [-0.25, -0.2) is 0 Å². The minimum absolute atomic E-state index is 0.0295. The SMILES string of the molecule is O=C1N[C@H](CO)CC=CCCCCCc2ccccc21. The summed E-state index contributed by atoms with van der Waals surface area (Å²) in [6, 6.07) is 7.57. The fourth-order valence-electron chi connectivity index (χ4n) is 2.53. The highest BCUT2D eigenvalue weighted by molar-refractivity contribution is 5.95. The highest BCUT2D eigenvalue weighted by atomic mass is 16.3. The Morgan fingerprint density at radius 3 is 2.85 bits per heavy atom. The summed E-state index contributed by atoms with van der Waals surface area (Å²) < 4.78 is 0. The van der Waals surface area contributed by atoms with Crippen molar-refractivity contribution in [1.82, 2.24) is 5.32 Å². The molecule has 1 heterocycles. The first-order valence-corrected chi connectivity index (χ1v) is 7.46. The zero-order valence-corrected chi connectivity index (χ0v) is 11.8. The summed E-state index contributed by atoms with van der Waals surface area (Å²) in [4.78, 5) is 12.3. The Kier molecular flexibility index (Phi) is 5.81. The lowest BCUT2D eigenvalue weighted by atomic mass is 10.00. The number of hydrogen-bond acceptors (Lipinski definition) is 2. The van der Waals surface area contributed by atoms with Crippen molar-refractivity contribution in [2.24, 2.45) is 0 Å². The number of allylic oxidation sites excluding steroid dienone is 1. The van der Waals surface area contributed by atoms with Gasteiger partial charge in [0.15, 0.2) is 0 Å². The smallest absolute Gasteiger partial charge is 0.251 e. The van der Waals surface area contributed by atoms with E-state index in [0.717, 1.165) is 30.4 Å². The minimum atomic E-state index is -0.201. The van der Waals surface area contributed by atoms with Crippen LogP contribution in [0.5, 0.6) is 0 Å². The van der Waals surface area contributed by atoms with E-state index in [0.29, 0.717) is 6.42 Å². The molecule has 0 bridgehead atoms. The average molecular weight is 273 g/mol. The van der Waals surface area contributed by atoms with Crippen LogP contribution in [0.2, 0.25) is 0 Å². The zero-order valence-electron chi connectivity index (χ0n) is 11.8. The van der Waals surface area contributed by atoms with Gasteiger partial charge in [0.2, 0.25) is 0 Å². The van der Waals surface area contributed by atoms with E-state index < -0.39 is 0 Å². The first-order valence-electron chi connectivity index (χ1n) is 7.46. The van der Waals surface area contributed by atoms with Crippen molar-refractivity contribution in [3.05, 3.63) is 47.5 Å². The summed E-state index contributed by atoms with van der Waals surface area (Å²) in [5.41, 5.74) is 1.85. The predicted octanol–water partition coefficient (Wildman–Crippen LogP) is 2.84. The molecule has 1 atom stereocenters. The van der Waals surface area contributed by atoms with Gasteiger partial charge in [-0.3, -0.25) is 4.79 Å². The molecule has 0 saturated carbocycles. The molecule has 2 N–H and O–H groups in total. The number of benzene rings is 1. The summed E-state index contributed by atoms with van der Waals surface area (Å²) in [6.07, 6.45) is 10.4. The van der Waals surface area contributed by atoms with Crippen molar-refractivity contribution in [2.45, 2.75) is 44.6 Å². The van der Waals surface area contributed by atoms with Crippen molar-refractivity contribution >= 4 is 5.91 Å². The van der Waals surface area contributed by atoms with Gasteiger partial charge in [0.25, 0.3) is 5.91 Å². The van der Waals surface area contributed by atoms with Gasteiger partial charge in [-0.05, 0) is 43.7 Å². The van der Waals surface area contributed by atoms with Gasteiger partial charge in [-0.1, -0.05) is 36.8 Å². The molecule has 3 heteroatoms. The van der Waals surface area contributed by atoms with Crippen LogP contribution in [0.4, 0.5) is 0 Å². The number of rotatable bonds is 1. The highest BCUT2D eigenvalue weighted by Crippen LogP contribution is 2.15. The number of aliphatic hydroxyl groups is 1. The number of aryl methyl sites for hydroxylation is 1. The lowest BCUT2D eigenvalue weighted by Gasteiger charge is -2.16. The summed E-state index contributed by atoms with van der Waals surface area (Å²) >= 11 is 0. The monoisotopic (exact) mass is 273 g/mol. The quantitative estimate of drug-likeness (QED) is 0.773. The van der Waals surface area contributed by atoms with Crippen molar-refractivity contribution < 1.29 is 9.90 Å². The molecule has 0 radical (unpaired) electrons. The van der Waals surface area contributed by atoms with Gasteiger partial charge >= 0.3 is 0 Å². The molecule has 1 amide bonds. The second kappa shape index (κ2) is 7.85. The predicted molar refractivity (Wildman–Crippen MR) is 80.7 cm³/mol. The van der Waals surface area contributed by atoms with Gasteiger partial charge in [0.05, 0.1) is 12.6 Å². The fourth-order valence-corrected chi connectivity index (χ4v) is 2.53. The van der Waals surface area contributed by atoms with Crippen LogP contribution >= 0.6 is 0 Å². The van der Waals surface area contributed by atoms with Crippen LogP contribution in [-0.2, 0) is 6.42 Å². The molecule has 0 saturated heterocycles. The lowest BCUT2D eigenvalue weighted by Crippen LogP contribution is -2.37. The van der Waals surface area contributed by atoms with Gasteiger partial charge in [0, 0.05) is 5.56 Å². The van der Waals surface area contributed by atoms with Crippen LogP contribution in [0.15, 0.2) is 36.4 Å². The Morgan fingerprint density at radius 2 is 2.00 bits per heavy atom. The molecular formula is C17H23NO2. The Hall–Kier alpha value is -1.61. The van der Waals surface area contributed by atoms with Crippen LogP contribution in [0, 0.1) is 0 Å². The third-order valence-corrected chi connectivity index (χ3v) is 3.72. The van der Waals surface area contributed by atoms with E-state index in [-0.39, 0.29) is 18.6 Å². The lowest BCUT2D eigenvalue weighted by molar-refractivity contribution is 0.0916. The summed E-state index contributed by atoms with van der Waals surface area (Å²) in [7, 11) is 0. The molecular weight excluding hydrogens is 250 g/mol. The van der Waals surface area contributed by atoms with Crippen LogP contribution in [0.3, 0.4) is 0 Å². The van der Waals surface area contributed by atoms with Crippen molar-refractivity contribution in [1.29, 1.82) is 0 Å². The van der Waals surface area contributed by atoms with E-state index in [1.54, 1.807) is 0 Å². The Bertz CT molecular complexity index is 468. The Balaban J connectivity index is 2.18. The molecule has 0 fully saturated rings. The van der Waals surface area contributed by atoms with Gasteiger partial charge in [0.1, 0.15) is 0 Å². The largest absolute Gasteiger partial charge is 0.394 e. The number of fused-ring (bicyclic) bond motifs is 1. The fraction of sp³-hybridized carbons (Fsp3) is 0.471. The molecule has 1 aliphatic rings. The molecule has 0 spiro atoms. The van der Waals surface area contributed by atoms with Crippen molar-refractivity contribution in [3.63, 3.8) is 0 Å². The van der Waals surface area contributed by atoms with E-state index in [9.17, 15) is 9.90 Å². The van der Waals surface area contributed by atoms with Crippen LogP contribution in [0.25, 0.3) is 0 Å². The maximum absolute atomic E-state index is 12.3. The summed E-state index contributed by atoms with van der Waals surface area (Å²) in [6.45, 7) is -0.0295. The topological polar surface area (TPSA) is 49.3 Å². The third-order valence-electron chi connectivity index (χ3n) is 3.72. The van der Waals surface area contributed by atoms with Gasteiger partial charge in [-0.15, -0.1) is 0 Å². The van der Waals surface area contributed by atoms with Crippen molar-refractivity contribution in [3.8, 4) is 0 Å². The Labute approximate surface area is 120 Å². The summed E-state index contributed by atoms with van der Waals surface area (Å²) in [5, 5.41) is 12.3. The summed E-state index contributed by atoms with van der Waals surface area (Å²) in [5.74, 6) is -0.0766. The van der Waals surface area contributed by atoms with E-state index >= 15 is 0 Å². The molecule has 3 nitrogen and oxygen atoms in total. The molecule has 1 aliphatic heterocycles. The molecule has 20 heavy (non-hydrogen) atoms. The standard InChI is InChI=1S/C17H23NO2/c19-13-15-11-6-4-2-1-3-5-9-14-10-7-8-12-16(14)17(20)18-15/h4,6-8,10,12,15,19H,1-3,5,9,11,13H2,(H,18,20)/t15-/m0/s1. The van der Waals surface area contributed by atoms with Gasteiger partial charge < -0.3 is 10.4 Å². The van der Waals surface area contributed by atoms with Gasteiger partial charge in [-0.2, -0.15) is 0 Å². The Morgan fingerprint density at radius 1 is 1.15 bits per heavy atom. The van der Waals surface area contributed by atoms with Crippen molar-refractivity contribution in [2.75, 3.05) is 6.61 Å². The number of aliphatic hydroxyl groups excluding tert-OH is 1. The second-order valence-corrected chi connectivity index (χ2v) is 5.32. The third kappa shape index (κ3) is 4.20. The molecule has 108 valence electrons. The number of carbonyl (C=O) groups is 1. The normalized spacial score (nSPS) is 21.1. The maximum Gasteiger partial charge on any atom is 0.251 e. The second-order valence-electron chi connectivity index (χ2n) is 5.32. The molecule has 0 aromatic heterocycles. The number of amides is 1. The van der Waals surface area contributed by atoms with Crippen LogP contribution in [-0.4, -0.2) is 23.7 Å². The highest BCUT2D eigenvalue weighted by Gasteiger charge is 2.15. The molecule has 2 rings (SSSR count). The van der Waals surface area contributed by atoms with Crippen LogP contribution < -0.4 is 5.32 Å². The van der Waals surface area contributed by atoms with E-state index in [1.807, 2.05) is 24.3 Å². The average Bonchev–Trinajstić information content (AvgIpc) is 2.49. The van der Waals surface area contributed by atoms with E-state index in [4.69, 9.17) is 0 Å². The van der Waals surface area contributed by atoms with E-state index in [1.165, 1.54) is 12.8 Å². The first-order chi connectivity index (χ1) is 9.81. The first kappa shape index (κ1) is 14.8. The number of nitrogens with one attached hydrogen (secondary N) is 1. The maximum atomic E-state index is 12.3.